The van der Waals surface area contributed by atoms with Crippen LogP contribution in [-0.4, -0.2) is 14.7 Å². The van der Waals surface area contributed by atoms with Gasteiger partial charge in [-0.2, -0.15) is 0 Å². The van der Waals surface area contributed by atoms with Crippen LogP contribution in [0.25, 0.3) is 0 Å². The number of hydrogen-bond donors (Lipinski definition) is 1. The van der Waals surface area contributed by atoms with E-state index in [0.717, 1.165) is 0 Å². The lowest BCUT2D eigenvalue weighted by molar-refractivity contribution is 0.377. The van der Waals surface area contributed by atoms with Gasteiger partial charge in [0.15, 0.2) is 5.03 Å². The third-order valence-corrected chi connectivity index (χ3v) is 3.64. The third-order valence-electron chi connectivity index (χ3n) is 2.60. The quantitative estimate of drug-likeness (QED) is 0.916. The normalized spacial score (nSPS) is 11.5. The van der Waals surface area contributed by atoms with E-state index in [2.05, 4.69) is 4.98 Å². The third kappa shape index (κ3) is 2.98. The maximum atomic E-state index is 12.3. The fourth-order valence-corrected chi connectivity index (χ4v) is 2.47. The Bertz CT molecular complexity index is 644. The molecule has 0 aliphatic rings. The molecule has 0 unspecified atom stereocenters. The second kappa shape index (κ2) is 5.09. The summed E-state index contributed by atoms with van der Waals surface area (Å²) in [5, 5.41) is 10.1. The standard InChI is InChI=1S/C14H16N2O2S/c1-14(2,3)16-9-8-15-12(13(16)18)19-11-7-5-4-6-10(11)17/h4-9,17H,1-3H3. The molecular formula is C14H16N2O2S. The van der Waals surface area contributed by atoms with E-state index in [4.69, 9.17) is 0 Å². The van der Waals surface area contributed by atoms with Gasteiger partial charge in [-0.25, -0.2) is 4.98 Å². The molecule has 0 bridgehead atoms. The Kier molecular flexibility index (Phi) is 3.66. The van der Waals surface area contributed by atoms with Crippen LogP contribution in [0.1, 0.15) is 20.8 Å². The molecule has 1 aromatic carbocycles. The first-order chi connectivity index (χ1) is 8.89. The Labute approximate surface area is 116 Å². The van der Waals surface area contributed by atoms with Crippen molar-refractivity contribution in [3.63, 3.8) is 0 Å². The van der Waals surface area contributed by atoms with Gasteiger partial charge in [0.25, 0.3) is 5.56 Å². The Morgan fingerprint density at radius 3 is 2.58 bits per heavy atom. The van der Waals surface area contributed by atoms with Crippen molar-refractivity contribution in [3.05, 3.63) is 47.0 Å². The lowest BCUT2D eigenvalue weighted by Gasteiger charge is -2.22. The highest BCUT2D eigenvalue weighted by Gasteiger charge is 2.17. The molecule has 0 fully saturated rings. The van der Waals surface area contributed by atoms with Crippen molar-refractivity contribution < 1.29 is 5.11 Å². The van der Waals surface area contributed by atoms with E-state index in [0.29, 0.717) is 9.92 Å². The van der Waals surface area contributed by atoms with Gasteiger partial charge in [-0.1, -0.05) is 23.9 Å². The van der Waals surface area contributed by atoms with E-state index < -0.39 is 0 Å². The van der Waals surface area contributed by atoms with Crippen LogP contribution >= 0.6 is 11.8 Å². The van der Waals surface area contributed by atoms with Gasteiger partial charge in [0.05, 0.1) is 4.90 Å². The Balaban J connectivity index is 2.43. The zero-order valence-electron chi connectivity index (χ0n) is 11.1. The topological polar surface area (TPSA) is 55.1 Å². The second-order valence-electron chi connectivity index (χ2n) is 5.15. The van der Waals surface area contributed by atoms with Crippen molar-refractivity contribution in [2.75, 3.05) is 0 Å². The number of nitrogens with zero attached hydrogens (tertiary/aromatic N) is 2. The van der Waals surface area contributed by atoms with Crippen molar-refractivity contribution >= 4 is 11.8 Å². The second-order valence-corrected chi connectivity index (χ2v) is 6.18. The highest BCUT2D eigenvalue weighted by atomic mass is 32.2. The fraction of sp³-hybridized carbons (Fsp3) is 0.286. The summed E-state index contributed by atoms with van der Waals surface area (Å²) in [4.78, 5) is 17.1. The summed E-state index contributed by atoms with van der Waals surface area (Å²) in [6.45, 7) is 5.88. The molecule has 0 radical (unpaired) electrons. The van der Waals surface area contributed by atoms with Crippen molar-refractivity contribution in [1.29, 1.82) is 0 Å². The van der Waals surface area contributed by atoms with E-state index in [-0.39, 0.29) is 16.8 Å². The highest BCUT2D eigenvalue weighted by Crippen LogP contribution is 2.31. The van der Waals surface area contributed by atoms with E-state index in [1.54, 1.807) is 35.2 Å². The van der Waals surface area contributed by atoms with Crippen LogP contribution in [-0.2, 0) is 5.54 Å². The molecule has 0 saturated carbocycles. The van der Waals surface area contributed by atoms with Crippen LogP contribution in [0.4, 0.5) is 0 Å². The number of benzene rings is 1. The van der Waals surface area contributed by atoms with Crippen molar-refractivity contribution in [2.24, 2.45) is 0 Å². The molecular weight excluding hydrogens is 260 g/mol. The number of aromatic nitrogens is 2. The number of rotatable bonds is 2. The van der Waals surface area contributed by atoms with E-state index >= 15 is 0 Å². The summed E-state index contributed by atoms with van der Waals surface area (Å²) < 4.78 is 1.64. The number of phenolic OH excluding ortho intramolecular Hbond substituents is 1. The maximum Gasteiger partial charge on any atom is 0.283 e. The van der Waals surface area contributed by atoms with E-state index in [1.807, 2.05) is 26.8 Å². The van der Waals surface area contributed by atoms with Crippen LogP contribution in [0.15, 0.2) is 51.4 Å². The molecule has 1 N–H and O–H groups in total. The van der Waals surface area contributed by atoms with Crippen molar-refractivity contribution in [1.82, 2.24) is 9.55 Å². The van der Waals surface area contributed by atoms with Gasteiger partial charge in [0.2, 0.25) is 0 Å². The first kappa shape index (κ1) is 13.7. The smallest absolute Gasteiger partial charge is 0.283 e. The Hall–Kier alpha value is -1.75. The number of hydrogen-bond acceptors (Lipinski definition) is 4. The summed E-state index contributed by atoms with van der Waals surface area (Å²) in [7, 11) is 0. The molecule has 1 aromatic heterocycles. The number of phenols is 1. The predicted molar refractivity (Wildman–Crippen MR) is 75.7 cm³/mol. The van der Waals surface area contributed by atoms with Gasteiger partial charge in [0, 0.05) is 17.9 Å². The molecule has 4 nitrogen and oxygen atoms in total. The van der Waals surface area contributed by atoms with Gasteiger partial charge in [-0.05, 0) is 32.9 Å². The molecule has 0 spiro atoms. The molecule has 0 atom stereocenters. The lowest BCUT2D eigenvalue weighted by atomic mass is 10.1. The molecule has 19 heavy (non-hydrogen) atoms. The summed E-state index contributed by atoms with van der Waals surface area (Å²) in [5.41, 5.74) is -0.447. The monoisotopic (exact) mass is 276 g/mol. The molecule has 2 rings (SSSR count). The minimum atomic E-state index is -0.298. The van der Waals surface area contributed by atoms with Gasteiger partial charge in [-0.15, -0.1) is 0 Å². The van der Waals surface area contributed by atoms with Crippen LogP contribution in [0.5, 0.6) is 5.75 Å². The summed E-state index contributed by atoms with van der Waals surface area (Å²) >= 11 is 1.18. The average Bonchev–Trinajstić information content (AvgIpc) is 2.33. The highest BCUT2D eigenvalue weighted by molar-refractivity contribution is 7.99. The number of aromatic hydroxyl groups is 1. The predicted octanol–water partition coefficient (Wildman–Crippen LogP) is 2.86. The molecule has 2 aromatic rings. The molecule has 100 valence electrons. The van der Waals surface area contributed by atoms with Gasteiger partial charge >= 0.3 is 0 Å². The average molecular weight is 276 g/mol. The molecule has 0 aliphatic carbocycles. The molecule has 0 aliphatic heterocycles. The van der Waals surface area contributed by atoms with Crippen molar-refractivity contribution in [2.45, 2.75) is 36.2 Å². The summed E-state index contributed by atoms with van der Waals surface area (Å²) in [5.74, 6) is 0.153. The summed E-state index contributed by atoms with van der Waals surface area (Å²) in [6.07, 6.45) is 3.28. The molecule has 0 amide bonds. The maximum absolute atomic E-state index is 12.3. The van der Waals surface area contributed by atoms with Gasteiger partial charge in [0.1, 0.15) is 5.75 Å². The van der Waals surface area contributed by atoms with Gasteiger partial charge < -0.3 is 9.67 Å². The Morgan fingerprint density at radius 1 is 1.26 bits per heavy atom. The molecule has 0 saturated heterocycles. The van der Waals surface area contributed by atoms with Crippen molar-refractivity contribution in [3.8, 4) is 5.75 Å². The number of para-hydroxylation sites is 1. The van der Waals surface area contributed by atoms with E-state index in [1.165, 1.54) is 11.8 Å². The SMILES string of the molecule is CC(C)(C)n1ccnc(Sc2ccccc2O)c1=O. The van der Waals surface area contributed by atoms with Crippen LogP contribution in [0.2, 0.25) is 0 Å². The summed E-state index contributed by atoms with van der Waals surface area (Å²) in [6, 6.07) is 6.90. The first-order valence-corrected chi connectivity index (χ1v) is 6.75. The molecule has 5 heteroatoms. The van der Waals surface area contributed by atoms with E-state index in [9.17, 15) is 9.90 Å². The Morgan fingerprint density at radius 2 is 1.95 bits per heavy atom. The minimum absolute atomic E-state index is 0.150. The van der Waals surface area contributed by atoms with Crippen LogP contribution in [0.3, 0.4) is 0 Å². The van der Waals surface area contributed by atoms with Gasteiger partial charge in [-0.3, -0.25) is 4.79 Å². The largest absolute Gasteiger partial charge is 0.507 e. The lowest BCUT2D eigenvalue weighted by Crippen LogP contribution is -2.34. The molecule has 1 heterocycles. The zero-order chi connectivity index (χ0) is 14.0. The fourth-order valence-electron chi connectivity index (χ4n) is 1.64. The van der Waals surface area contributed by atoms with Crippen LogP contribution < -0.4 is 5.56 Å². The zero-order valence-corrected chi connectivity index (χ0v) is 11.9. The van der Waals surface area contributed by atoms with Crippen LogP contribution in [0, 0.1) is 0 Å². The minimum Gasteiger partial charge on any atom is -0.507 e. The first-order valence-electron chi connectivity index (χ1n) is 5.93.